The molecule has 0 aromatic heterocycles. The maximum atomic E-state index is 10.00. The Morgan fingerprint density at radius 1 is 0.783 bits per heavy atom. The molecule has 0 aliphatic carbocycles. The standard InChI is InChI=1S/C12H22O11/c13-1-4-6(16)8(18)9(19)11(21-4)23-12(3-15)10(20)7(17)5(2-14)22-12/h4-11,13-20H,1-3H2/t4-,5-,6+,7-,8+,9+,10+,11-,12+/m1/s1. The molecular weight excluding hydrogens is 320 g/mol. The van der Waals surface area contributed by atoms with E-state index in [1.54, 1.807) is 0 Å². The second-order valence-corrected chi connectivity index (χ2v) is 5.56. The van der Waals surface area contributed by atoms with E-state index in [0.717, 1.165) is 0 Å². The lowest BCUT2D eigenvalue weighted by molar-refractivity contribution is -0.383. The summed E-state index contributed by atoms with van der Waals surface area (Å²) in [5.74, 6) is -2.22. The fourth-order valence-electron chi connectivity index (χ4n) is 2.63. The van der Waals surface area contributed by atoms with Crippen molar-refractivity contribution in [3.8, 4) is 0 Å². The van der Waals surface area contributed by atoms with Crippen LogP contribution in [-0.4, -0.2) is 115 Å². The highest BCUT2D eigenvalue weighted by Crippen LogP contribution is 2.35. The topological polar surface area (TPSA) is 190 Å². The largest absolute Gasteiger partial charge is 0.394 e. The molecule has 136 valence electrons. The van der Waals surface area contributed by atoms with Crippen LogP contribution in [0.1, 0.15) is 0 Å². The smallest absolute Gasteiger partial charge is 0.224 e. The van der Waals surface area contributed by atoms with Crippen LogP contribution in [0.5, 0.6) is 0 Å². The Kier molecular flexibility index (Phi) is 5.92. The van der Waals surface area contributed by atoms with Crippen molar-refractivity contribution in [2.24, 2.45) is 0 Å². The summed E-state index contributed by atoms with van der Waals surface area (Å²) in [5.41, 5.74) is 0. The normalized spacial score (nSPS) is 51.1. The summed E-state index contributed by atoms with van der Waals surface area (Å²) in [6.07, 6.45) is -12.7. The molecule has 0 aromatic carbocycles. The Bertz CT molecular complexity index is 393. The van der Waals surface area contributed by atoms with E-state index in [1.165, 1.54) is 0 Å². The van der Waals surface area contributed by atoms with Crippen molar-refractivity contribution in [2.75, 3.05) is 19.8 Å². The molecule has 2 saturated heterocycles. The number of hydrogen-bond acceptors (Lipinski definition) is 11. The van der Waals surface area contributed by atoms with Crippen LogP contribution in [0.2, 0.25) is 0 Å². The molecule has 11 heteroatoms. The summed E-state index contributed by atoms with van der Waals surface area (Å²) in [6, 6.07) is 0. The third-order valence-corrected chi connectivity index (χ3v) is 4.07. The van der Waals surface area contributed by atoms with Gasteiger partial charge in [-0.05, 0) is 0 Å². The fourth-order valence-corrected chi connectivity index (χ4v) is 2.63. The van der Waals surface area contributed by atoms with Gasteiger partial charge < -0.3 is 55.1 Å². The first kappa shape index (κ1) is 18.9. The van der Waals surface area contributed by atoms with Gasteiger partial charge in [-0.1, -0.05) is 0 Å². The van der Waals surface area contributed by atoms with Gasteiger partial charge in [0.1, 0.15) is 49.3 Å². The van der Waals surface area contributed by atoms with Crippen molar-refractivity contribution in [3.63, 3.8) is 0 Å². The van der Waals surface area contributed by atoms with Gasteiger partial charge >= 0.3 is 0 Å². The van der Waals surface area contributed by atoms with E-state index in [2.05, 4.69) is 0 Å². The molecule has 8 N–H and O–H groups in total. The van der Waals surface area contributed by atoms with Gasteiger partial charge in [-0.25, -0.2) is 0 Å². The SMILES string of the molecule is OC[C@H]1O[C@H](O[C@]2(CO)O[C@H](CO)[C@@H](O)[C@@H]2O)[C@@H](O)[C@@H](O)[C@H]1O. The van der Waals surface area contributed by atoms with Gasteiger partial charge in [0.2, 0.25) is 5.79 Å². The average molecular weight is 342 g/mol. The van der Waals surface area contributed by atoms with Gasteiger partial charge in [0.15, 0.2) is 6.29 Å². The molecule has 2 heterocycles. The molecule has 2 fully saturated rings. The first-order valence-electron chi connectivity index (χ1n) is 7.05. The molecule has 9 atom stereocenters. The van der Waals surface area contributed by atoms with E-state index in [9.17, 15) is 30.6 Å². The van der Waals surface area contributed by atoms with E-state index < -0.39 is 74.6 Å². The minimum Gasteiger partial charge on any atom is -0.394 e. The Morgan fingerprint density at radius 2 is 1.39 bits per heavy atom. The minimum absolute atomic E-state index is 0.669. The van der Waals surface area contributed by atoms with Crippen LogP contribution in [0.4, 0.5) is 0 Å². The molecule has 0 spiro atoms. The molecule has 0 radical (unpaired) electrons. The van der Waals surface area contributed by atoms with Crippen LogP contribution in [-0.2, 0) is 14.2 Å². The van der Waals surface area contributed by atoms with E-state index >= 15 is 0 Å². The van der Waals surface area contributed by atoms with E-state index in [4.69, 9.17) is 24.4 Å². The number of hydrogen-bond donors (Lipinski definition) is 8. The second kappa shape index (κ2) is 7.21. The van der Waals surface area contributed by atoms with Gasteiger partial charge in [0, 0.05) is 0 Å². The molecule has 2 aliphatic rings. The Labute approximate surface area is 130 Å². The number of aliphatic hydroxyl groups excluding tert-OH is 8. The maximum Gasteiger partial charge on any atom is 0.224 e. The summed E-state index contributed by atoms with van der Waals surface area (Å²) in [5, 5.41) is 76.7. The minimum atomic E-state index is -2.22. The molecule has 2 aliphatic heterocycles. The highest BCUT2D eigenvalue weighted by atomic mass is 16.8. The van der Waals surface area contributed by atoms with Crippen LogP contribution >= 0.6 is 0 Å². The third kappa shape index (κ3) is 3.23. The number of aliphatic hydroxyl groups is 8. The summed E-state index contributed by atoms with van der Waals surface area (Å²) in [4.78, 5) is 0. The molecular formula is C12H22O11. The predicted molar refractivity (Wildman–Crippen MR) is 68.6 cm³/mol. The van der Waals surface area contributed by atoms with Crippen molar-refractivity contribution in [1.82, 2.24) is 0 Å². The average Bonchev–Trinajstić information content (AvgIpc) is 2.80. The zero-order valence-corrected chi connectivity index (χ0v) is 12.0. The Balaban J connectivity index is 2.18. The number of rotatable bonds is 5. The second-order valence-electron chi connectivity index (χ2n) is 5.56. The molecule has 2 rings (SSSR count). The van der Waals surface area contributed by atoms with Crippen LogP contribution in [0.15, 0.2) is 0 Å². The van der Waals surface area contributed by atoms with Gasteiger partial charge in [-0.3, -0.25) is 0 Å². The Hall–Kier alpha value is -0.440. The van der Waals surface area contributed by atoms with E-state index in [-0.39, 0.29) is 0 Å². The van der Waals surface area contributed by atoms with E-state index in [0.29, 0.717) is 0 Å². The zero-order chi connectivity index (χ0) is 17.4. The summed E-state index contributed by atoms with van der Waals surface area (Å²) in [6.45, 7) is -2.32. The quantitative estimate of drug-likeness (QED) is 0.238. The van der Waals surface area contributed by atoms with Gasteiger partial charge in [0.05, 0.1) is 13.2 Å². The molecule has 0 bridgehead atoms. The lowest BCUT2D eigenvalue weighted by atomic mass is 9.99. The molecule has 0 saturated carbocycles. The Morgan fingerprint density at radius 3 is 1.87 bits per heavy atom. The van der Waals surface area contributed by atoms with Crippen LogP contribution in [0.25, 0.3) is 0 Å². The zero-order valence-electron chi connectivity index (χ0n) is 12.0. The van der Waals surface area contributed by atoms with Crippen LogP contribution < -0.4 is 0 Å². The lowest BCUT2D eigenvalue weighted by Crippen LogP contribution is -2.62. The van der Waals surface area contributed by atoms with Gasteiger partial charge in [-0.15, -0.1) is 0 Å². The van der Waals surface area contributed by atoms with Crippen LogP contribution in [0, 0.1) is 0 Å². The molecule has 23 heavy (non-hydrogen) atoms. The van der Waals surface area contributed by atoms with Crippen molar-refractivity contribution in [1.29, 1.82) is 0 Å². The van der Waals surface area contributed by atoms with Crippen molar-refractivity contribution < 1.29 is 55.1 Å². The molecule has 0 aromatic rings. The van der Waals surface area contributed by atoms with Crippen LogP contribution in [0.3, 0.4) is 0 Å². The molecule has 0 unspecified atom stereocenters. The maximum absolute atomic E-state index is 10.00. The van der Waals surface area contributed by atoms with E-state index in [1.807, 2.05) is 0 Å². The summed E-state index contributed by atoms with van der Waals surface area (Å²) >= 11 is 0. The first-order chi connectivity index (χ1) is 10.8. The lowest BCUT2D eigenvalue weighted by Gasteiger charge is -2.43. The highest BCUT2D eigenvalue weighted by Gasteiger charge is 2.58. The fraction of sp³-hybridized carbons (Fsp3) is 1.00. The van der Waals surface area contributed by atoms with Gasteiger partial charge in [0.25, 0.3) is 0 Å². The highest BCUT2D eigenvalue weighted by molar-refractivity contribution is 4.98. The summed E-state index contributed by atoms with van der Waals surface area (Å²) < 4.78 is 15.4. The predicted octanol–water partition coefficient (Wildman–Crippen LogP) is -5.40. The molecule has 0 amide bonds. The van der Waals surface area contributed by atoms with Crippen molar-refractivity contribution in [2.45, 2.75) is 54.8 Å². The van der Waals surface area contributed by atoms with Crippen molar-refractivity contribution >= 4 is 0 Å². The third-order valence-electron chi connectivity index (χ3n) is 4.07. The van der Waals surface area contributed by atoms with Crippen molar-refractivity contribution in [3.05, 3.63) is 0 Å². The molecule has 11 nitrogen and oxygen atoms in total. The summed E-state index contributed by atoms with van der Waals surface area (Å²) in [7, 11) is 0. The first-order valence-corrected chi connectivity index (χ1v) is 7.05. The monoisotopic (exact) mass is 342 g/mol. The van der Waals surface area contributed by atoms with Gasteiger partial charge in [-0.2, -0.15) is 0 Å². The number of ether oxygens (including phenoxy) is 3.